The van der Waals surface area contributed by atoms with Crippen LogP contribution in [0.4, 0.5) is 0 Å². The Morgan fingerprint density at radius 1 is 1.08 bits per heavy atom. The zero-order valence-corrected chi connectivity index (χ0v) is 15.3. The first kappa shape index (κ1) is 17.0. The van der Waals surface area contributed by atoms with Gasteiger partial charge in [0.25, 0.3) is 0 Å². The lowest BCUT2D eigenvalue weighted by Crippen LogP contribution is -2.35. The summed E-state index contributed by atoms with van der Waals surface area (Å²) in [7, 11) is 0. The molecule has 134 valence electrons. The molecule has 25 heavy (non-hydrogen) atoms. The van der Waals surface area contributed by atoms with Gasteiger partial charge < -0.3 is 4.74 Å². The quantitative estimate of drug-likeness (QED) is 0.816. The van der Waals surface area contributed by atoms with Crippen LogP contribution in [-0.2, 0) is 11.3 Å². The van der Waals surface area contributed by atoms with Gasteiger partial charge in [-0.05, 0) is 38.4 Å². The normalized spacial score (nSPS) is 23.0. The number of thiazole rings is 1. The van der Waals surface area contributed by atoms with Crippen LogP contribution < -0.4 is 0 Å². The first-order valence-corrected chi connectivity index (χ1v) is 10.0. The lowest BCUT2D eigenvalue weighted by molar-refractivity contribution is 0.0742. The Hall–Kier alpha value is -1.41. The maximum atomic E-state index is 5.79. The fourth-order valence-electron chi connectivity index (χ4n) is 3.56. The number of aromatic nitrogens is 3. The minimum absolute atomic E-state index is 0.457. The van der Waals surface area contributed by atoms with Crippen molar-refractivity contribution in [1.82, 2.24) is 24.8 Å². The number of ether oxygens (including phenoxy) is 1. The second-order valence-electron chi connectivity index (χ2n) is 6.78. The Morgan fingerprint density at radius 2 is 1.92 bits per heavy atom. The predicted octanol–water partition coefficient (Wildman–Crippen LogP) is 2.29. The highest BCUT2D eigenvalue weighted by molar-refractivity contribution is 7.13. The molecule has 1 unspecified atom stereocenters. The summed E-state index contributed by atoms with van der Waals surface area (Å²) in [6.07, 6.45) is 7.65. The molecule has 0 aliphatic carbocycles. The first-order chi connectivity index (χ1) is 12.4. The van der Waals surface area contributed by atoms with Crippen molar-refractivity contribution < 1.29 is 4.74 Å². The van der Waals surface area contributed by atoms with E-state index in [-0.39, 0.29) is 0 Å². The monoisotopic (exact) mass is 359 g/mol. The molecule has 2 aliphatic heterocycles. The second-order valence-corrected chi connectivity index (χ2v) is 7.64. The van der Waals surface area contributed by atoms with E-state index in [0.717, 1.165) is 55.9 Å². The van der Waals surface area contributed by atoms with Crippen LogP contribution >= 0.6 is 11.3 Å². The fourth-order valence-corrected chi connectivity index (χ4v) is 4.32. The summed E-state index contributed by atoms with van der Waals surface area (Å²) in [4.78, 5) is 18.4. The molecule has 2 aromatic heterocycles. The van der Waals surface area contributed by atoms with Crippen molar-refractivity contribution >= 4 is 11.3 Å². The summed E-state index contributed by atoms with van der Waals surface area (Å²) in [5, 5.41) is 3.05. The molecule has 0 spiro atoms. The molecule has 0 radical (unpaired) electrons. The fraction of sp³-hybridized carbons (Fsp3) is 0.611. The summed E-state index contributed by atoms with van der Waals surface area (Å²) < 4.78 is 5.79. The third-order valence-electron chi connectivity index (χ3n) is 4.86. The molecule has 0 saturated carbocycles. The Bertz CT molecular complexity index is 658. The zero-order valence-electron chi connectivity index (χ0n) is 14.5. The van der Waals surface area contributed by atoms with Crippen LogP contribution in [0.1, 0.15) is 25.0 Å². The van der Waals surface area contributed by atoms with Crippen molar-refractivity contribution in [3.8, 4) is 10.8 Å². The van der Waals surface area contributed by atoms with Crippen molar-refractivity contribution in [2.24, 2.45) is 0 Å². The summed E-state index contributed by atoms with van der Waals surface area (Å²) in [5.41, 5.74) is 1.13. The van der Waals surface area contributed by atoms with Crippen LogP contribution in [0, 0.1) is 0 Å². The largest absolute Gasteiger partial charge is 0.377 e. The third kappa shape index (κ3) is 4.61. The van der Waals surface area contributed by atoms with Gasteiger partial charge in [-0.1, -0.05) is 0 Å². The van der Waals surface area contributed by atoms with E-state index in [4.69, 9.17) is 9.72 Å². The maximum Gasteiger partial charge on any atom is 0.188 e. The van der Waals surface area contributed by atoms with Crippen molar-refractivity contribution in [2.75, 3.05) is 39.3 Å². The van der Waals surface area contributed by atoms with E-state index >= 15 is 0 Å². The Morgan fingerprint density at radius 3 is 2.76 bits per heavy atom. The highest BCUT2D eigenvalue weighted by Crippen LogP contribution is 2.21. The van der Waals surface area contributed by atoms with Crippen molar-refractivity contribution in [2.45, 2.75) is 31.9 Å². The van der Waals surface area contributed by atoms with Gasteiger partial charge in [0.15, 0.2) is 10.8 Å². The van der Waals surface area contributed by atoms with Gasteiger partial charge in [0.1, 0.15) is 0 Å². The average Bonchev–Trinajstić information content (AvgIpc) is 3.27. The molecule has 7 heteroatoms. The average molecular weight is 359 g/mol. The molecule has 4 rings (SSSR count). The minimum Gasteiger partial charge on any atom is -0.377 e. The highest BCUT2D eigenvalue weighted by Gasteiger charge is 2.22. The van der Waals surface area contributed by atoms with Gasteiger partial charge in [-0.15, -0.1) is 11.3 Å². The smallest absolute Gasteiger partial charge is 0.188 e. The van der Waals surface area contributed by atoms with Crippen LogP contribution in [0.25, 0.3) is 10.8 Å². The van der Waals surface area contributed by atoms with E-state index in [1.807, 2.05) is 6.07 Å². The molecule has 4 heterocycles. The highest BCUT2D eigenvalue weighted by atomic mass is 32.1. The van der Waals surface area contributed by atoms with Crippen LogP contribution in [0.5, 0.6) is 0 Å². The number of hydrogen-bond donors (Lipinski definition) is 0. The summed E-state index contributed by atoms with van der Waals surface area (Å²) in [6.45, 7) is 7.49. The summed E-state index contributed by atoms with van der Waals surface area (Å²) >= 11 is 1.63. The Balaban J connectivity index is 1.30. The molecule has 6 nitrogen and oxygen atoms in total. The molecule has 2 aliphatic rings. The van der Waals surface area contributed by atoms with Gasteiger partial charge in [-0.2, -0.15) is 0 Å². The predicted molar refractivity (Wildman–Crippen MR) is 98.4 cm³/mol. The van der Waals surface area contributed by atoms with E-state index in [1.54, 1.807) is 23.7 Å². The van der Waals surface area contributed by atoms with Gasteiger partial charge in [0.2, 0.25) is 0 Å². The first-order valence-electron chi connectivity index (χ1n) is 9.15. The number of hydrogen-bond acceptors (Lipinski definition) is 7. The SMILES string of the molecule is c1cnc(-c2nc(CN3CCCN(CC4CCCO4)CC3)cs2)nc1. The molecule has 1 atom stereocenters. The van der Waals surface area contributed by atoms with Crippen LogP contribution in [0.3, 0.4) is 0 Å². The van der Waals surface area contributed by atoms with Crippen molar-refractivity contribution in [3.05, 3.63) is 29.5 Å². The van der Waals surface area contributed by atoms with Gasteiger partial charge >= 0.3 is 0 Å². The van der Waals surface area contributed by atoms with Crippen LogP contribution in [-0.4, -0.2) is 70.2 Å². The topological polar surface area (TPSA) is 54.4 Å². The molecule has 0 bridgehead atoms. The van der Waals surface area contributed by atoms with Gasteiger partial charge in [-0.25, -0.2) is 15.0 Å². The molecule has 0 N–H and O–H groups in total. The third-order valence-corrected chi connectivity index (χ3v) is 5.75. The van der Waals surface area contributed by atoms with E-state index in [9.17, 15) is 0 Å². The van der Waals surface area contributed by atoms with Gasteiger partial charge in [0.05, 0.1) is 11.8 Å². The number of rotatable bonds is 5. The molecule has 2 aromatic rings. The standard InChI is InChI=1S/C18H25N5OS/c1-4-16(24-11-1)13-23-8-3-7-22(9-10-23)12-15-14-25-18(21-15)17-19-5-2-6-20-17/h2,5-6,14,16H,1,3-4,7-13H2. The van der Waals surface area contributed by atoms with E-state index in [1.165, 1.54) is 25.8 Å². The second kappa shape index (κ2) is 8.31. The summed E-state index contributed by atoms with van der Waals surface area (Å²) in [6, 6.07) is 1.83. The Labute approximate surface area is 152 Å². The molecule has 0 aromatic carbocycles. The van der Waals surface area contributed by atoms with Crippen molar-refractivity contribution in [3.63, 3.8) is 0 Å². The van der Waals surface area contributed by atoms with Gasteiger partial charge in [0, 0.05) is 50.6 Å². The van der Waals surface area contributed by atoms with E-state index in [2.05, 4.69) is 25.1 Å². The molecule has 0 amide bonds. The lowest BCUT2D eigenvalue weighted by atomic mass is 10.2. The van der Waals surface area contributed by atoms with E-state index < -0.39 is 0 Å². The molecular formula is C18H25N5OS. The zero-order chi connectivity index (χ0) is 16.9. The van der Waals surface area contributed by atoms with Crippen LogP contribution in [0.15, 0.2) is 23.8 Å². The summed E-state index contributed by atoms with van der Waals surface area (Å²) in [5.74, 6) is 0.720. The van der Waals surface area contributed by atoms with Crippen LogP contribution in [0.2, 0.25) is 0 Å². The molecule has 2 fully saturated rings. The van der Waals surface area contributed by atoms with Gasteiger partial charge in [-0.3, -0.25) is 9.80 Å². The Kier molecular flexibility index (Phi) is 5.66. The molecule has 2 saturated heterocycles. The van der Waals surface area contributed by atoms with E-state index in [0.29, 0.717) is 6.10 Å². The van der Waals surface area contributed by atoms with Crippen molar-refractivity contribution in [1.29, 1.82) is 0 Å². The molecular weight excluding hydrogens is 334 g/mol. The lowest BCUT2D eigenvalue weighted by Gasteiger charge is -2.23. The maximum absolute atomic E-state index is 5.79. The number of nitrogens with zero attached hydrogens (tertiary/aromatic N) is 5. The minimum atomic E-state index is 0.457.